The number of amides is 2. The normalized spacial score (nSPS) is 11.5. The summed E-state index contributed by atoms with van der Waals surface area (Å²) in [5.74, 6) is -0.961. The van der Waals surface area contributed by atoms with Gasteiger partial charge in [0.2, 0.25) is 0 Å². The van der Waals surface area contributed by atoms with Crippen LogP contribution in [0.15, 0.2) is 42.9 Å². The van der Waals surface area contributed by atoms with Crippen molar-refractivity contribution in [3.8, 4) is 0 Å². The Bertz CT molecular complexity index is 646. The fourth-order valence-electron chi connectivity index (χ4n) is 1.78. The fraction of sp³-hybridized carbons (Fsp3) is 0.143. The molecule has 3 N–H and O–H groups in total. The van der Waals surface area contributed by atoms with E-state index in [1.54, 1.807) is 36.7 Å². The first kappa shape index (κ1) is 14.6. The van der Waals surface area contributed by atoms with Gasteiger partial charge in [0.1, 0.15) is 5.69 Å². The molecule has 0 saturated heterocycles. The number of carbonyl (C=O) groups excluding carboxylic acids is 2. The molecule has 0 saturated carbocycles. The van der Waals surface area contributed by atoms with Gasteiger partial charge in [-0.05, 0) is 24.6 Å². The average molecular weight is 286 g/mol. The summed E-state index contributed by atoms with van der Waals surface area (Å²) in [5, 5.41) is 11.4. The maximum atomic E-state index is 12.0. The first-order valence-electron chi connectivity index (χ1n) is 6.23. The van der Waals surface area contributed by atoms with Crippen LogP contribution >= 0.6 is 0 Å². The standard InChI is InChI=1S/C14H14N4O3/c1-9(17-14(20)12-8-15-5-6-16-12)10-3-2-4-11(7-10)13(19)18-21/h2-9,21H,1H3,(H,17,20)(H,18,19). The van der Waals surface area contributed by atoms with E-state index in [9.17, 15) is 9.59 Å². The summed E-state index contributed by atoms with van der Waals surface area (Å²) in [6.07, 6.45) is 4.29. The van der Waals surface area contributed by atoms with Crippen molar-refractivity contribution in [1.29, 1.82) is 0 Å². The minimum absolute atomic E-state index is 0.216. The number of carbonyl (C=O) groups is 2. The molecule has 1 aromatic carbocycles. The third kappa shape index (κ3) is 3.61. The third-order valence-electron chi connectivity index (χ3n) is 2.89. The molecule has 0 radical (unpaired) electrons. The summed E-state index contributed by atoms with van der Waals surface area (Å²) in [7, 11) is 0. The van der Waals surface area contributed by atoms with Crippen LogP contribution in [0.5, 0.6) is 0 Å². The van der Waals surface area contributed by atoms with Gasteiger partial charge in [-0.25, -0.2) is 10.5 Å². The molecule has 0 fully saturated rings. The molecule has 0 spiro atoms. The van der Waals surface area contributed by atoms with Gasteiger partial charge in [-0.2, -0.15) is 0 Å². The van der Waals surface area contributed by atoms with Crippen LogP contribution in [0.3, 0.4) is 0 Å². The smallest absolute Gasteiger partial charge is 0.274 e. The summed E-state index contributed by atoms with van der Waals surface area (Å²) in [4.78, 5) is 31.1. The summed E-state index contributed by atoms with van der Waals surface area (Å²) in [6.45, 7) is 1.78. The Balaban J connectivity index is 2.12. The molecule has 1 heterocycles. The molecule has 2 amide bonds. The maximum absolute atomic E-state index is 12.0. The van der Waals surface area contributed by atoms with E-state index < -0.39 is 5.91 Å². The average Bonchev–Trinajstić information content (AvgIpc) is 2.55. The van der Waals surface area contributed by atoms with Gasteiger partial charge < -0.3 is 5.32 Å². The molecular formula is C14H14N4O3. The minimum atomic E-state index is -0.607. The van der Waals surface area contributed by atoms with Crippen molar-refractivity contribution in [3.05, 3.63) is 59.7 Å². The summed E-state index contributed by atoms with van der Waals surface area (Å²) >= 11 is 0. The van der Waals surface area contributed by atoms with Gasteiger partial charge in [0, 0.05) is 18.0 Å². The second-order valence-electron chi connectivity index (χ2n) is 4.35. The lowest BCUT2D eigenvalue weighted by atomic mass is 10.0. The van der Waals surface area contributed by atoms with Crippen molar-refractivity contribution in [1.82, 2.24) is 20.8 Å². The van der Waals surface area contributed by atoms with E-state index in [4.69, 9.17) is 5.21 Å². The zero-order valence-electron chi connectivity index (χ0n) is 11.3. The van der Waals surface area contributed by atoms with Crippen molar-refractivity contribution in [3.63, 3.8) is 0 Å². The Morgan fingerprint density at radius 1 is 1.24 bits per heavy atom. The van der Waals surface area contributed by atoms with Gasteiger partial charge in [-0.3, -0.25) is 19.8 Å². The summed E-state index contributed by atoms with van der Waals surface area (Å²) in [6, 6.07) is 6.27. The van der Waals surface area contributed by atoms with Crippen LogP contribution in [0.1, 0.15) is 39.4 Å². The summed E-state index contributed by atoms with van der Waals surface area (Å²) in [5.41, 5.74) is 2.82. The van der Waals surface area contributed by atoms with E-state index in [1.807, 2.05) is 0 Å². The van der Waals surface area contributed by atoms with Crippen molar-refractivity contribution in [2.24, 2.45) is 0 Å². The van der Waals surface area contributed by atoms with E-state index in [0.29, 0.717) is 5.56 Å². The molecule has 0 aliphatic rings. The van der Waals surface area contributed by atoms with Crippen molar-refractivity contribution < 1.29 is 14.8 Å². The lowest BCUT2D eigenvalue weighted by Crippen LogP contribution is -2.28. The van der Waals surface area contributed by atoms with Crippen LogP contribution in [0.2, 0.25) is 0 Å². The van der Waals surface area contributed by atoms with Crippen molar-refractivity contribution >= 4 is 11.8 Å². The number of nitrogens with zero attached hydrogens (tertiary/aromatic N) is 2. The van der Waals surface area contributed by atoms with E-state index in [0.717, 1.165) is 5.56 Å². The molecule has 0 aliphatic heterocycles. The first-order chi connectivity index (χ1) is 10.1. The van der Waals surface area contributed by atoms with Crippen molar-refractivity contribution in [2.75, 3.05) is 0 Å². The van der Waals surface area contributed by atoms with E-state index in [-0.39, 0.29) is 17.6 Å². The zero-order valence-corrected chi connectivity index (χ0v) is 11.3. The number of nitrogens with one attached hydrogen (secondary N) is 2. The Kier molecular flexibility index (Phi) is 4.57. The highest BCUT2D eigenvalue weighted by atomic mass is 16.5. The van der Waals surface area contributed by atoms with E-state index in [1.165, 1.54) is 18.6 Å². The molecular weight excluding hydrogens is 272 g/mol. The van der Waals surface area contributed by atoms with Gasteiger partial charge in [-0.1, -0.05) is 12.1 Å². The quantitative estimate of drug-likeness (QED) is 0.576. The van der Waals surface area contributed by atoms with Crippen LogP contribution in [-0.4, -0.2) is 27.0 Å². The lowest BCUT2D eigenvalue weighted by molar-refractivity contribution is 0.0706. The zero-order chi connectivity index (χ0) is 15.2. The molecule has 1 atom stereocenters. The van der Waals surface area contributed by atoms with Gasteiger partial charge in [0.25, 0.3) is 11.8 Å². The molecule has 2 rings (SSSR count). The van der Waals surface area contributed by atoms with Gasteiger partial charge in [-0.15, -0.1) is 0 Å². The number of hydroxylamine groups is 1. The molecule has 21 heavy (non-hydrogen) atoms. The highest BCUT2D eigenvalue weighted by Gasteiger charge is 2.14. The van der Waals surface area contributed by atoms with Crippen LogP contribution in [0, 0.1) is 0 Å². The highest BCUT2D eigenvalue weighted by molar-refractivity contribution is 5.94. The van der Waals surface area contributed by atoms with Crippen LogP contribution < -0.4 is 10.8 Å². The van der Waals surface area contributed by atoms with Gasteiger partial charge in [0.05, 0.1) is 12.2 Å². The maximum Gasteiger partial charge on any atom is 0.274 e. The van der Waals surface area contributed by atoms with Crippen molar-refractivity contribution in [2.45, 2.75) is 13.0 Å². The van der Waals surface area contributed by atoms with E-state index >= 15 is 0 Å². The number of hydrogen-bond acceptors (Lipinski definition) is 5. The highest BCUT2D eigenvalue weighted by Crippen LogP contribution is 2.14. The Morgan fingerprint density at radius 2 is 2.05 bits per heavy atom. The predicted octanol–water partition coefficient (Wildman–Crippen LogP) is 1.09. The SMILES string of the molecule is CC(NC(=O)c1cnccn1)c1cccc(C(=O)NO)c1. The Hall–Kier alpha value is -2.80. The first-order valence-corrected chi connectivity index (χ1v) is 6.23. The number of aromatic nitrogens is 2. The molecule has 0 bridgehead atoms. The van der Waals surface area contributed by atoms with E-state index in [2.05, 4.69) is 15.3 Å². The Morgan fingerprint density at radius 3 is 2.71 bits per heavy atom. The van der Waals surface area contributed by atoms with Crippen LogP contribution in [0.25, 0.3) is 0 Å². The second kappa shape index (κ2) is 6.58. The molecule has 1 aromatic heterocycles. The largest absolute Gasteiger partial charge is 0.344 e. The molecule has 1 unspecified atom stereocenters. The molecule has 7 heteroatoms. The topological polar surface area (TPSA) is 104 Å². The van der Waals surface area contributed by atoms with Crippen LogP contribution in [0.4, 0.5) is 0 Å². The Labute approximate surface area is 121 Å². The van der Waals surface area contributed by atoms with Crippen LogP contribution in [-0.2, 0) is 0 Å². The van der Waals surface area contributed by atoms with Gasteiger partial charge >= 0.3 is 0 Å². The molecule has 7 nitrogen and oxygen atoms in total. The second-order valence-corrected chi connectivity index (χ2v) is 4.35. The number of rotatable bonds is 4. The predicted molar refractivity (Wildman–Crippen MR) is 73.6 cm³/mol. The lowest BCUT2D eigenvalue weighted by Gasteiger charge is -2.14. The monoisotopic (exact) mass is 286 g/mol. The molecule has 108 valence electrons. The summed E-state index contributed by atoms with van der Waals surface area (Å²) < 4.78 is 0. The van der Waals surface area contributed by atoms with Gasteiger partial charge in [0.15, 0.2) is 0 Å². The third-order valence-corrected chi connectivity index (χ3v) is 2.89. The molecule has 2 aromatic rings. The number of benzene rings is 1. The fourth-order valence-corrected chi connectivity index (χ4v) is 1.78. The molecule has 0 aliphatic carbocycles. The number of hydrogen-bond donors (Lipinski definition) is 3. The minimum Gasteiger partial charge on any atom is -0.344 e.